The Morgan fingerprint density at radius 1 is 1.35 bits per heavy atom. The number of fused-ring (bicyclic) bond motifs is 1. The number of nitrogens with zero attached hydrogens (tertiary/aromatic N) is 5. The average Bonchev–Trinajstić information content (AvgIpc) is 3.01. The van der Waals surface area contributed by atoms with Gasteiger partial charge in [-0.25, -0.2) is 4.98 Å². The lowest BCUT2D eigenvalue weighted by Crippen LogP contribution is -2.26. The minimum atomic E-state index is -0.174. The summed E-state index contributed by atoms with van der Waals surface area (Å²) in [6.07, 6.45) is 0.713. The fraction of sp³-hybridized carbons (Fsp3) is 0.500. The second-order valence-corrected chi connectivity index (χ2v) is 5.54. The van der Waals surface area contributed by atoms with Crippen LogP contribution in [0.4, 0.5) is 5.13 Å². The number of amides is 1. The van der Waals surface area contributed by atoms with Crippen molar-refractivity contribution in [2.75, 3.05) is 24.7 Å². The zero-order chi connectivity index (χ0) is 14.3. The predicted octanol–water partition coefficient (Wildman–Crippen LogP) is 0.339. The zero-order valence-electron chi connectivity index (χ0n) is 11.4. The molecule has 2 aromatic heterocycles. The molecule has 0 bridgehead atoms. The van der Waals surface area contributed by atoms with Crippen molar-refractivity contribution in [1.29, 1.82) is 0 Å². The molecular weight excluding hydrogens is 278 g/mol. The summed E-state index contributed by atoms with van der Waals surface area (Å²) in [5.41, 5.74) is 0.588. The van der Waals surface area contributed by atoms with Crippen LogP contribution in [0.25, 0.3) is 4.96 Å². The van der Waals surface area contributed by atoms with Gasteiger partial charge in [-0.3, -0.25) is 9.59 Å². The normalized spacial score (nSPS) is 15.6. The van der Waals surface area contributed by atoms with Gasteiger partial charge in [-0.1, -0.05) is 18.3 Å². The molecule has 1 fully saturated rings. The van der Waals surface area contributed by atoms with E-state index in [4.69, 9.17) is 0 Å². The number of aromatic nitrogens is 3. The van der Waals surface area contributed by atoms with E-state index in [1.807, 2.05) is 18.7 Å². The van der Waals surface area contributed by atoms with Crippen molar-refractivity contribution >= 4 is 27.3 Å². The van der Waals surface area contributed by atoms with Crippen molar-refractivity contribution in [3.63, 3.8) is 0 Å². The SMILES string of the molecule is CCc1cc(=O)n2nc(N3CC(=O)N(CC)C3)sc2n1. The molecule has 0 spiro atoms. The first kappa shape index (κ1) is 13.0. The maximum atomic E-state index is 11.9. The summed E-state index contributed by atoms with van der Waals surface area (Å²) >= 11 is 1.34. The molecular formula is C12H15N5O2S. The topological polar surface area (TPSA) is 70.8 Å². The molecule has 0 unspecified atom stereocenters. The lowest BCUT2D eigenvalue weighted by Gasteiger charge is -2.14. The Kier molecular flexibility index (Phi) is 3.17. The number of hydrogen-bond acceptors (Lipinski definition) is 6. The van der Waals surface area contributed by atoms with Crippen LogP contribution in [-0.4, -0.2) is 45.2 Å². The van der Waals surface area contributed by atoms with Gasteiger partial charge in [-0.2, -0.15) is 4.52 Å². The summed E-state index contributed by atoms with van der Waals surface area (Å²) in [4.78, 5) is 32.3. The second-order valence-electron chi connectivity index (χ2n) is 4.61. The van der Waals surface area contributed by atoms with Crippen LogP contribution in [-0.2, 0) is 11.2 Å². The third-order valence-corrected chi connectivity index (χ3v) is 4.29. The number of carbonyl (C=O) groups is 1. The van der Waals surface area contributed by atoms with Crippen molar-refractivity contribution in [2.24, 2.45) is 0 Å². The number of likely N-dealkylation sites (N-methyl/N-ethyl adjacent to an activating group) is 1. The van der Waals surface area contributed by atoms with Crippen molar-refractivity contribution in [1.82, 2.24) is 19.5 Å². The number of anilines is 1. The van der Waals surface area contributed by atoms with Gasteiger partial charge in [0.2, 0.25) is 16.0 Å². The Bertz CT molecular complexity index is 722. The molecule has 0 aromatic carbocycles. The van der Waals surface area contributed by atoms with Gasteiger partial charge < -0.3 is 9.80 Å². The van der Waals surface area contributed by atoms with E-state index >= 15 is 0 Å². The van der Waals surface area contributed by atoms with Crippen molar-refractivity contribution in [3.8, 4) is 0 Å². The van der Waals surface area contributed by atoms with Crippen molar-refractivity contribution < 1.29 is 4.79 Å². The molecule has 20 heavy (non-hydrogen) atoms. The molecule has 0 aliphatic carbocycles. The molecule has 0 saturated carbocycles. The Hall–Kier alpha value is -1.96. The largest absolute Gasteiger partial charge is 0.324 e. The maximum absolute atomic E-state index is 11.9. The summed E-state index contributed by atoms with van der Waals surface area (Å²) < 4.78 is 1.30. The van der Waals surface area contributed by atoms with Gasteiger partial charge >= 0.3 is 0 Å². The van der Waals surface area contributed by atoms with Gasteiger partial charge in [0.15, 0.2) is 0 Å². The van der Waals surface area contributed by atoms with Gasteiger partial charge in [-0.15, -0.1) is 5.10 Å². The summed E-state index contributed by atoms with van der Waals surface area (Å²) in [5.74, 6) is 0.0845. The highest BCUT2D eigenvalue weighted by atomic mass is 32.1. The Labute approximate surface area is 119 Å². The van der Waals surface area contributed by atoms with Crippen LogP contribution in [0.15, 0.2) is 10.9 Å². The molecule has 7 nitrogen and oxygen atoms in total. The van der Waals surface area contributed by atoms with E-state index < -0.39 is 0 Å². The van der Waals surface area contributed by atoms with Crippen LogP contribution in [0.5, 0.6) is 0 Å². The zero-order valence-corrected chi connectivity index (χ0v) is 12.2. The highest BCUT2D eigenvalue weighted by Gasteiger charge is 2.28. The molecule has 3 rings (SSSR count). The molecule has 1 amide bonds. The first-order valence-electron chi connectivity index (χ1n) is 6.55. The molecule has 3 heterocycles. The number of carbonyl (C=O) groups excluding carboxylic acids is 1. The van der Waals surface area contributed by atoms with Crippen LogP contribution < -0.4 is 10.5 Å². The van der Waals surface area contributed by atoms with Crippen LogP contribution in [0.3, 0.4) is 0 Å². The fourth-order valence-corrected chi connectivity index (χ4v) is 3.08. The minimum absolute atomic E-state index is 0.0845. The molecule has 1 aliphatic rings. The molecule has 8 heteroatoms. The molecule has 106 valence electrons. The van der Waals surface area contributed by atoms with Gasteiger partial charge in [0.25, 0.3) is 5.56 Å². The third-order valence-electron chi connectivity index (χ3n) is 3.32. The highest BCUT2D eigenvalue weighted by molar-refractivity contribution is 7.20. The van der Waals surface area contributed by atoms with Crippen molar-refractivity contribution in [3.05, 3.63) is 22.1 Å². The highest BCUT2D eigenvalue weighted by Crippen LogP contribution is 2.24. The van der Waals surface area contributed by atoms with E-state index in [0.717, 1.165) is 5.69 Å². The Morgan fingerprint density at radius 3 is 2.80 bits per heavy atom. The van der Waals surface area contributed by atoms with E-state index in [-0.39, 0.29) is 11.5 Å². The maximum Gasteiger partial charge on any atom is 0.275 e. The quantitative estimate of drug-likeness (QED) is 0.816. The van der Waals surface area contributed by atoms with E-state index in [1.54, 1.807) is 4.90 Å². The lowest BCUT2D eigenvalue weighted by atomic mass is 10.3. The first-order chi connectivity index (χ1) is 9.62. The van der Waals surface area contributed by atoms with Crippen LogP contribution in [0.1, 0.15) is 19.5 Å². The van der Waals surface area contributed by atoms with E-state index in [0.29, 0.717) is 36.3 Å². The molecule has 2 aromatic rings. The molecule has 1 aliphatic heterocycles. The standard InChI is InChI=1S/C12H15N5O2S/c1-3-8-5-9(18)17-11(13-8)20-12(14-17)16-6-10(19)15(4-2)7-16/h5H,3-4,6-7H2,1-2H3. The molecule has 0 N–H and O–H groups in total. The Balaban J connectivity index is 2.00. The fourth-order valence-electron chi connectivity index (χ4n) is 2.16. The van der Waals surface area contributed by atoms with Crippen LogP contribution in [0.2, 0.25) is 0 Å². The minimum Gasteiger partial charge on any atom is -0.324 e. The molecule has 0 radical (unpaired) electrons. The summed E-state index contributed by atoms with van der Waals surface area (Å²) in [6, 6.07) is 1.50. The van der Waals surface area contributed by atoms with Crippen LogP contribution >= 0.6 is 11.3 Å². The van der Waals surface area contributed by atoms with E-state index in [2.05, 4.69) is 10.1 Å². The number of aryl methyl sites for hydroxylation is 1. The monoisotopic (exact) mass is 293 g/mol. The summed E-state index contributed by atoms with van der Waals surface area (Å²) in [7, 11) is 0. The molecule has 1 saturated heterocycles. The summed E-state index contributed by atoms with van der Waals surface area (Å²) in [5, 5.41) is 4.94. The predicted molar refractivity (Wildman–Crippen MR) is 76.1 cm³/mol. The summed E-state index contributed by atoms with van der Waals surface area (Å²) in [6.45, 7) is 5.41. The number of rotatable bonds is 3. The third kappa shape index (κ3) is 2.05. The Morgan fingerprint density at radius 2 is 2.15 bits per heavy atom. The van der Waals surface area contributed by atoms with Gasteiger partial charge in [-0.05, 0) is 13.3 Å². The molecule has 0 atom stereocenters. The van der Waals surface area contributed by atoms with Gasteiger partial charge in [0.05, 0.1) is 6.67 Å². The van der Waals surface area contributed by atoms with Crippen molar-refractivity contribution in [2.45, 2.75) is 20.3 Å². The van der Waals surface area contributed by atoms with E-state index in [9.17, 15) is 9.59 Å². The van der Waals surface area contributed by atoms with Crippen LogP contribution in [0, 0.1) is 0 Å². The number of hydrogen-bond donors (Lipinski definition) is 0. The first-order valence-corrected chi connectivity index (χ1v) is 7.36. The van der Waals surface area contributed by atoms with Gasteiger partial charge in [0.1, 0.15) is 6.54 Å². The average molecular weight is 293 g/mol. The van der Waals surface area contributed by atoms with E-state index in [1.165, 1.54) is 21.9 Å². The smallest absolute Gasteiger partial charge is 0.275 e. The second kappa shape index (κ2) is 4.86. The van der Waals surface area contributed by atoms with Gasteiger partial charge in [0, 0.05) is 18.3 Å². The lowest BCUT2D eigenvalue weighted by molar-refractivity contribution is -0.126.